The monoisotopic (exact) mass is 365 g/mol. The Hall–Kier alpha value is -2.92. The van der Waals surface area contributed by atoms with Gasteiger partial charge in [0, 0.05) is 16.5 Å². The average Bonchev–Trinajstić information content (AvgIpc) is 3.06. The molecule has 5 heteroatoms. The van der Waals surface area contributed by atoms with Crippen LogP contribution < -0.4 is 4.74 Å². The molecule has 0 N–H and O–H groups in total. The minimum absolute atomic E-state index is 0.376. The number of nitrogens with zero attached hydrogens (tertiary/aromatic N) is 1. The molecule has 4 nitrogen and oxygen atoms in total. The van der Waals surface area contributed by atoms with Crippen molar-refractivity contribution >= 4 is 23.4 Å². The fourth-order valence-electron chi connectivity index (χ4n) is 2.43. The number of carbonyl (C=O) groups excluding carboxylic acids is 1. The lowest BCUT2D eigenvalue weighted by molar-refractivity contribution is -0.134. The number of hydrogen-bond acceptors (Lipinski definition) is 5. The van der Waals surface area contributed by atoms with Gasteiger partial charge in [-0.3, -0.25) is 0 Å². The molecule has 26 heavy (non-hydrogen) atoms. The normalized spacial score (nSPS) is 10.8. The van der Waals surface area contributed by atoms with Gasteiger partial charge in [0.1, 0.15) is 17.4 Å². The first kappa shape index (κ1) is 17.9. The summed E-state index contributed by atoms with van der Waals surface area (Å²) in [6.07, 6.45) is 3.09. The highest BCUT2D eigenvalue weighted by molar-refractivity contribution is 7.12. The highest BCUT2D eigenvalue weighted by Gasteiger charge is 2.10. The van der Waals surface area contributed by atoms with Crippen molar-refractivity contribution in [1.82, 2.24) is 4.98 Å². The SMILES string of the molecule is COC(=O)C=Cc1ccc(OCc2nc(-c3ccccc3)c(C)s2)cc1. The van der Waals surface area contributed by atoms with E-state index in [2.05, 4.69) is 23.8 Å². The summed E-state index contributed by atoms with van der Waals surface area (Å²) in [5, 5.41) is 0.941. The Morgan fingerprint density at radius 1 is 1.12 bits per heavy atom. The maximum Gasteiger partial charge on any atom is 0.330 e. The van der Waals surface area contributed by atoms with E-state index in [9.17, 15) is 4.79 Å². The molecule has 0 saturated carbocycles. The second kappa shape index (κ2) is 8.45. The van der Waals surface area contributed by atoms with Gasteiger partial charge in [0.25, 0.3) is 0 Å². The van der Waals surface area contributed by atoms with Gasteiger partial charge in [-0.05, 0) is 30.7 Å². The zero-order chi connectivity index (χ0) is 18.4. The first-order valence-electron chi connectivity index (χ1n) is 8.16. The van der Waals surface area contributed by atoms with E-state index in [0.29, 0.717) is 6.61 Å². The maximum atomic E-state index is 11.1. The minimum Gasteiger partial charge on any atom is -0.486 e. The van der Waals surface area contributed by atoms with Gasteiger partial charge in [-0.1, -0.05) is 42.5 Å². The van der Waals surface area contributed by atoms with Gasteiger partial charge in [-0.25, -0.2) is 9.78 Å². The van der Waals surface area contributed by atoms with E-state index in [1.54, 1.807) is 17.4 Å². The molecule has 0 bridgehead atoms. The predicted octanol–water partition coefficient (Wildman–Crippen LogP) is 4.88. The lowest BCUT2D eigenvalue weighted by Gasteiger charge is -2.04. The van der Waals surface area contributed by atoms with Gasteiger partial charge in [-0.2, -0.15) is 0 Å². The third kappa shape index (κ3) is 4.58. The van der Waals surface area contributed by atoms with E-state index in [0.717, 1.165) is 27.6 Å². The number of benzene rings is 2. The van der Waals surface area contributed by atoms with Gasteiger partial charge in [0.05, 0.1) is 12.8 Å². The van der Waals surface area contributed by atoms with Crippen LogP contribution in [0.15, 0.2) is 60.7 Å². The molecule has 0 aliphatic heterocycles. The molecule has 0 atom stereocenters. The van der Waals surface area contributed by atoms with Crippen molar-refractivity contribution in [3.05, 3.63) is 76.1 Å². The van der Waals surface area contributed by atoms with Crippen molar-refractivity contribution in [2.45, 2.75) is 13.5 Å². The Bertz CT molecular complexity index is 899. The molecule has 0 saturated heterocycles. The lowest BCUT2D eigenvalue weighted by atomic mass is 10.1. The molecule has 0 aliphatic carbocycles. The molecule has 0 radical (unpaired) electrons. The van der Waals surface area contributed by atoms with E-state index in [4.69, 9.17) is 9.72 Å². The van der Waals surface area contributed by atoms with Crippen LogP contribution in [0.25, 0.3) is 17.3 Å². The van der Waals surface area contributed by atoms with E-state index in [1.807, 2.05) is 42.5 Å². The largest absolute Gasteiger partial charge is 0.486 e. The summed E-state index contributed by atoms with van der Waals surface area (Å²) in [6.45, 7) is 2.50. The van der Waals surface area contributed by atoms with E-state index in [-0.39, 0.29) is 5.97 Å². The highest BCUT2D eigenvalue weighted by Crippen LogP contribution is 2.28. The third-order valence-electron chi connectivity index (χ3n) is 3.74. The molecule has 0 amide bonds. The van der Waals surface area contributed by atoms with Crippen LogP contribution in [0.2, 0.25) is 0 Å². The van der Waals surface area contributed by atoms with Gasteiger partial charge in [0.2, 0.25) is 0 Å². The van der Waals surface area contributed by atoms with Gasteiger partial charge >= 0.3 is 5.97 Å². The molecule has 0 aliphatic rings. The van der Waals surface area contributed by atoms with Crippen molar-refractivity contribution in [2.75, 3.05) is 7.11 Å². The molecular formula is C21H19NO3S. The number of aromatic nitrogens is 1. The van der Waals surface area contributed by atoms with Crippen LogP contribution >= 0.6 is 11.3 Å². The first-order chi connectivity index (χ1) is 12.7. The Kier molecular flexibility index (Phi) is 5.81. The summed E-state index contributed by atoms with van der Waals surface area (Å²) in [6, 6.07) is 17.7. The van der Waals surface area contributed by atoms with Crippen LogP contribution in [-0.4, -0.2) is 18.1 Å². The number of rotatable bonds is 6. The molecule has 0 spiro atoms. The van der Waals surface area contributed by atoms with Crippen LogP contribution in [0.4, 0.5) is 0 Å². The summed E-state index contributed by atoms with van der Waals surface area (Å²) < 4.78 is 10.4. The molecule has 0 fully saturated rings. The topological polar surface area (TPSA) is 48.4 Å². The second-order valence-corrected chi connectivity index (χ2v) is 6.88. The smallest absolute Gasteiger partial charge is 0.330 e. The van der Waals surface area contributed by atoms with Crippen LogP contribution in [0.5, 0.6) is 5.75 Å². The van der Waals surface area contributed by atoms with Crippen molar-refractivity contribution in [1.29, 1.82) is 0 Å². The zero-order valence-corrected chi connectivity index (χ0v) is 15.5. The quantitative estimate of drug-likeness (QED) is 0.461. The third-order valence-corrected chi connectivity index (χ3v) is 4.69. The molecule has 3 rings (SSSR count). The maximum absolute atomic E-state index is 11.1. The second-order valence-electron chi connectivity index (χ2n) is 5.59. The van der Waals surface area contributed by atoms with E-state index >= 15 is 0 Å². The highest BCUT2D eigenvalue weighted by atomic mass is 32.1. The summed E-state index contributed by atoms with van der Waals surface area (Å²) in [7, 11) is 1.35. The van der Waals surface area contributed by atoms with Crippen LogP contribution in [0, 0.1) is 6.92 Å². The summed E-state index contributed by atoms with van der Waals surface area (Å²) >= 11 is 1.65. The van der Waals surface area contributed by atoms with Crippen molar-refractivity contribution in [3.63, 3.8) is 0 Å². The molecule has 2 aromatic carbocycles. The number of carbonyl (C=O) groups is 1. The van der Waals surface area contributed by atoms with E-state index < -0.39 is 0 Å². The van der Waals surface area contributed by atoms with Gasteiger partial charge < -0.3 is 9.47 Å². The molecule has 132 valence electrons. The molecule has 1 heterocycles. The minimum atomic E-state index is -0.376. The Balaban J connectivity index is 1.63. The first-order valence-corrected chi connectivity index (χ1v) is 8.98. The Morgan fingerprint density at radius 3 is 2.54 bits per heavy atom. The Labute approximate surface area is 156 Å². The molecule has 1 aromatic heterocycles. The van der Waals surface area contributed by atoms with E-state index in [1.165, 1.54) is 18.1 Å². The van der Waals surface area contributed by atoms with Crippen LogP contribution in [-0.2, 0) is 16.1 Å². The lowest BCUT2D eigenvalue weighted by Crippen LogP contribution is -1.95. The van der Waals surface area contributed by atoms with Crippen LogP contribution in [0.3, 0.4) is 0 Å². The van der Waals surface area contributed by atoms with Gasteiger partial charge in [-0.15, -0.1) is 11.3 Å². The predicted molar refractivity (Wildman–Crippen MR) is 104 cm³/mol. The number of hydrogen-bond donors (Lipinski definition) is 0. The average molecular weight is 365 g/mol. The fourth-order valence-corrected chi connectivity index (χ4v) is 3.30. The fraction of sp³-hybridized carbons (Fsp3) is 0.143. The Morgan fingerprint density at radius 2 is 1.85 bits per heavy atom. The summed E-state index contributed by atoms with van der Waals surface area (Å²) in [4.78, 5) is 17.0. The number of aryl methyl sites for hydroxylation is 1. The number of esters is 1. The molecule has 0 unspecified atom stereocenters. The number of ether oxygens (including phenoxy) is 2. The summed E-state index contributed by atoms with van der Waals surface area (Å²) in [5.41, 5.74) is 3.03. The van der Waals surface area contributed by atoms with Crippen molar-refractivity contribution in [3.8, 4) is 17.0 Å². The summed E-state index contributed by atoms with van der Waals surface area (Å²) in [5.74, 6) is 0.382. The molecule has 3 aromatic rings. The standard InChI is InChI=1S/C21H19NO3S/c1-15-21(17-6-4-3-5-7-17)22-19(26-15)14-25-18-11-8-16(9-12-18)10-13-20(23)24-2/h3-13H,14H2,1-2H3. The van der Waals surface area contributed by atoms with Gasteiger partial charge in [0.15, 0.2) is 0 Å². The number of methoxy groups -OCH3 is 1. The zero-order valence-electron chi connectivity index (χ0n) is 14.6. The van der Waals surface area contributed by atoms with Crippen molar-refractivity contribution in [2.24, 2.45) is 0 Å². The van der Waals surface area contributed by atoms with Crippen LogP contribution in [0.1, 0.15) is 15.4 Å². The van der Waals surface area contributed by atoms with Crippen molar-refractivity contribution < 1.29 is 14.3 Å². The molecular weight excluding hydrogens is 346 g/mol. The number of thiazole rings is 1.